The molecule has 0 radical (unpaired) electrons. The summed E-state index contributed by atoms with van der Waals surface area (Å²) in [5, 5.41) is -5.72. The Bertz CT molecular complexity index is 166. The molecule has 0 rings (SSSR count). The summed E-state index contributed by atoms with van der Waals surface area (Å²) in [5.41, 5.74) is 0. The molecule has 0 aliphatic carbocycles. The third kappa shape index (κ3) is 1.65. The smallest absolute Gasteiger partial charge is 0.162 e. The van der Waals surface area contributed by atoms with Gasteiger partial charge in [0.05, 0.1) is 0 Å². The van der Waals surface area contributed by atoms with Crippen LogP contribution < -0.4 is 0 Å². The minimum Gasteiger partial charge on any atom is -0.162 e. The van der Waals surface area contributed by atoms with Crippen LogP contribution in [0.15, 0.2) is 0 Å². The zero-order chi connectivity index (χ0) is 10.2. The molecular formula is C3F7OS+. The second kappa shape index (κ2) is 2.79. The summed E-state index contributed by atoms with van der Waals surface area (Å²) in [6.07, 6.45) is -12.5. The monoisotopic (exact) mass is 217 g/mol. The summed E-state index contributed by atoms with van der Waals surface area (Å²) in [7, 11) is 0. The predicted octanol–water partition coefficient (Wildman–Crippen LogP) is 2.20. The molecule has 0 saturated carbocycles. The van der Waals surface area contributed by atoms with Crippen LogP contribution in [0.1, 0.15) is 0 Å². The minimum absolute atomic E-state index is 2.18. The van der Waals surface area contributed by atoms with Gasteiger partial charge < -0.3 is 0 Å². The van der Waals surface area contributed by atoms with Crippen molar-refractivity contribution in [1.29, 1.82) is 0 Å². The molecule has 0 aromatic carbocycles. The van der Waals surface area contributed by atoms with Crippen molar-refractivity contribution in [1.82, 2.24) is 0 Å². The Morgan fingerprint density at radius 2 is 1.00 bits per heavy atom. The Morgan fingerprint density at radius 3 is 1.00 bits per heavy atom. The second-order valence-electron chi connectivity index (χ2n) is 1.67. The highest BCUT2D eigenvalue weighted by Crippen LogP contribution is 2.45. The van der Waals surface area contributed by atoms with Crippen molar-refractivity contribution in [3.8, 4) is 0 Å². The minimum atomic E-state index is -6.25. The number of hydrogen-bond donors (Lipinski definition) is 0. The molecule has 1 nitrogen and oxygen atoms in total. The molecule has 0 heterocycles. The quantitative estimate of drug-likeness (QED) is 0.486. The molecule has 0 aromatic rings. The van der Waals surface area contributed by atoms with Gasteiger partial charge >= 0.3 is 29.0 Å². The molecule has 0 fully saturated rings. The van der Waals surface area contributed by atoms with Crippen molar-refractivity contribution >= 4 is 11.7 Å². The summed E-state index contributed by atoms with van der Waals surface area (Å²) in [4.78, 5) is 0. The van der Waals surface area contributed by atoms with Crippen LogP contribution in [-0.2, 0) is 15.9 Å². The summed E-state index contributed by atoms with van der Waals surface area (Å²) < 4.78 is 89.0. The van der Waals surface area contributed by atoms with E-state index in [0.717, 1.165) is 0 Å². The zero-order valence-corrected chi connectivity index (χ0v) is 5.78. The van der Waals surface area contributed by atoms with E-state index in [1.165, 1.54) is 0 Å². The first-order valence-electron chi connectivity index (χ1n) is 2.19. The molecule has 0 aliphatic heterocycles. The SMILES string of the molecule is O=[S+]C(F)(C(F)(F)F)C(F)(F)F. The van der Waals surface area contributed by atoms with Gasteiger partial charge in [-0.1, -0.05) is 0 Å². The van der Waals surface area contributed by atoms with Crippen LogP contribution >= 0.6 is 0 Å². The van der Waals surface area contributed by atoms with E-state index < -0.39 is 29.0 Å². The van der Waals surface area contributed by atoms with Crippen LogP contribution in [0, 0.1) is 0 Å². The van der Waals surface area contributed by atoms with E-state index >= 15 is 0 Å². The molecule has 0 amide bonds. The van der Waals surface area contributed by atoms with Gasteiger partial charge in [-0.2, -0.15) is 30.7 Å². The van der Waals surface area contributed by atoms with Gasteiger partial charge in [0.2, 0.25) is 0 Å². The maximum Gasteiger partial charge on any atom is 0.569 e. The molecule has 0 aliphatic rings. The lowest BCUT2D eigenvalue weighted by Gasteiger charge is -2.14. The fraction of sp³-hybridized carbons (Fsp3) is 1.00. The van der Waals surface area contributed by atoms with Crippen molar-refractivity contribution in [3.63, 3.8) is 0 Å². The summed E-state index contributed by atoms with van der Waals surface area (Å²) in [6, 6.07) is 0. The topological polar surface area (TPSA) is 17.1 Å². The van der Waals surface area contributed by atoms with E-state index in [-0.39, 0.29) is 0 Å². The van der Waals surface area contributed by atoms with Crippen molar-refractivity contribution in [2.45, 2.75) is 17.4 Å². The Labute approximate surface area is 65.0 Å². The second-order valence-corrected chi connectivity index (χ2v) is 2.40. The van der Waals surface area contributed by atoms with Crippen LogP contribution in [0.3, 0.4) is 0 Å². The highest BCUT2D eigenvalue weighted by molar-refractivity contribution is 7.67. The first kappa shape index (κ1) is 11.5. The number of halogens is 7. The Balaban J connectivity index is 5.09. The van der Waals surface area contributed by atoms with Crippen molar-refractivity contribution in [3.05, 3.63) is 0 Å². The van der Waals surface area contributed by atoms with E-state index in [4.69, 9.17) is 0 Å². The van der Waals surface area contributed by atoms with Crippen LogP contribution in [0.4, 0.5) is 30.7 Å². The first-order valence-corrected chi connectivity index (χ1v) is 2.94. The molecule has 9 heteroatoms. The van der Waals surface area contributed by atoms with E-state index in [9.17, 15) is 34.9 Å². The first-order chi connectivity index (χ1) is 5.06. The summed E-state index contributed by atoms with van der Waals surface area (Å²) in [6.45, 7) is 0. The van der Waals surface area contributed by atoms with Gasteiger partial charge in [0.15, 0.2) is 0 Å². The third-order valence-electron chi connectivity index (χ3n) is 0.844. The highest BCUT2D eigenvalue weighted by Gasteiger charge is 2.85. The van der Waals surface area contributed by atoms with Gasteiger partial charge in [-0.3, -0.25) is 0 Å². The third-order valence-corrected chi connectivity index (χ3v) is 1.54. The molecule has 0 spiro atoms. The van der Waals surface area contributed by atoms with E-state index in [0.29, 0.717) is 0 Å². The lowest BCUT2D eigenvalue weighted by molar-refractivity contribution is -0.303. The lowest BCUT2D eigenvalue weighted by atomic mass is 10.3. The largest absolute Gasteiger partial charge is 0.569 e. The fourth-order valence-corrected chi connectivity index (χ4v) is 0.444. The standard InChI is InChI=1S/C3F7OS/c4-1(12-11,2(5,6)7)3(8,9)10/q+1. The average molecular weight is 217 g/mol. The van der Waals surface area contributed by atoms with Crippen molar-refractivity contribution < 1.29 is 34.9 Å². The lowest BCUT2D eigenvalue weighted by Crippen LogP contribution is -2.52. The number of alkyl halides is 7. The number of hydrogen-bond acceptors (Lipinski definition) is 1. The average Bonchev–Trinajstić information content (AvgIpc) is 1.81. The number of rotatable bonds is 1. The van der Waals surface area contributed by atoms with Gasteiger partial charge in [0.1, 0.15) is 0 Å². The van der Waals surface area contributed by atoms with Crippen LogP contribution in [0.25, 0.3) is 0 Å². The van der Waals surface area contributed by atoms with E-state index in [1.54, 1.807) is 0 Å². The maximum atomic E-state index is 11.9. The highest BCUT2D eigenvalue weighted by atomic mass is 32.1. The van der Waals surface area contributed by atoms with E-state index in [2.05, 4.69) is 0 Å². The van der Waals surface area contributed by atoms with Gasteiger partial charge in [0, 0.05) is 4.21 Å². The molecule has 0 N–H and O–H groups in total. The fourth-order valence-electron chi connectivity index (χ4n) is 0.255. The molecule has 72 valence electrons. The van der Waals surface area contributed by atoms with E-state index in [1.807, 2.05) is 0 Å². The molecular weight excluding hydrogens is 217 g/mol. The van der Waals surface area contributed by atoms with Gasteiger partial charge in [-0.15, -0.1) is 0 Å². The molecule has 0 saturated heterocycles. The summed E-state index contributed by atoms with van der Waals surface area (Å²) >= 11 is -2.18. The van der Waals surface area contributed by atoms with Crippen LogP contribution in [0.2, 0.25) is 0 Å². The zero-order valence-electron chi connectivity index (χ0n) is 4.96. The predicted molar refractivity (Wildman–Crippen MR) is 24.0 cm³/mol. The molecule has 12 heavy (non-hydrogen) atoms. The summed E-state index contributed by atoms with van der Waals surface area (Å²) in [5.74, 6) is 0. The molecule has 0 unspecified atom stereocenters. The molecule has 0 bridgehead atoms. The van der Waals surface area contributed by atoms with Gasteiger partial charge in [-0.25, -0.2) is 0 Å². The van der Waals surface area contributed by atoms with Crippen molar-refractivity contribution in [2.75, 3.05) is 0 Å². The maximum absolute atomic E-state index is 11.9. The Kier molecular flexibility index (Phi) is 2.68. The van der Waals surface area contributed by atoms with Crippen LogP contribution in [-0.4, -0.2) is 17.4 Å². The normalized spacial score (nSPS) is 14.6. The van der Waals surface area contributed by atoms with Crippen LogP contribution in [0.5, 0.6) is 0 Å². The van der Waals surface area contributed by atoms with Crippen molar-refractivity contribution in [2.24, 2.45) is 0 Å². The Hall–Kier alpha value is -0.470. The van der Waals surface area contributed by atoms with Gasteiger partial charge in [0.25, 0.3) is 0 Å². The Morgan fingerprint density at radius 1 is 0.750 bits per heavy atom. The molecule has 0 atom stereocenters. The molecule has 0 aromatic heterocycles. The van der Waals surface area contributed by atoms with Gasteiger partial charge in [-0.05, 0) is 0 Å².